The lowest BCUT2D eigenvalue weighted by molar-refractivity contribution is -0.657. The van der Waals surface area contributed by atoms with Crippen LogP contribution >= 0.6 is 0 Å². The van der Waals surface area contributed by atoms with Crippen LogP contribution in [0, 0.1) is 0 Å². The van der Waals surface area contributed by atoms with Gasteiger partial charge in [0, 0.05) is 6.54 Å². The van der Waals surface area contributed by atoms with E-state index in [0.717, 1.165) is 49.9 Å². The third-order valence-corrected chi connectivity index (χ3v) is 4.88. The molecule has 0 radical (unpaired) electrons. The highest BCUT2D eigenvalue weighted by molar-refractivity contribution is 5.73. The molecule has 0 amide bonds. The van der Waals surface area contributed by atoms with Crippen molar-refractivity contribution in [1.29, 1.82) is 0 Å². The van der Waals surface area contributed by atoms with Crippen LogP contribution < -0.4 is 15.0 Å². The second kappa shape index (κ2) is 8.72. The Morgan fingerprint density at radius 2 is 1.69 bits per heavy atom. The quantitative estimate of drug-likeness (QED) is 0.602. The first-order chi connectivity index (χ1) is 12.7. The van der Waals surface area contributed by atoms with Crippen molar-refractivity contribution in [1.82, 2.24) is 9.47 Å². The van der Waals surface area contributed by atoms with E-state index < -0.39 is 0 Å². The average molecular weight is 353 g/mol. The summed E-state index contributed by atoms with van der Waals surface area (Å²) in [6, 6.07) is 18.3. The predicted molar refractivity (Wildman–Crippen MR) is 106 cm³/mol. The topological polar surface area (TPSA) is 47.3 Å². The number of hydrogen-bond donors (Lipinski definition) is 1. The van der Waals surface area contributed by atoms with Crippen LogP contribution in [0.5, 0.6) is 5.75 Å². The summed E-state index contributed by atoms with van der Waals surface area (Å²) >= 11 is 0. The van der Waals surface area contributed by atoms with Gasteiger partial charge in [-0.05, 0) is 37.4 Å². The zero-order chi connectivity index (χ0) is 18.4. The van der Waals surface area contributed by atoms with Gasteiger partial charge in [-0.15, -0.1) is 0 Å². The fraction of sp³-hybridized carbons (Fsp3) is 0.381. The Hall–Kier alpha value is -2.53. The molecule has 0 saturated carbocycles. The van der Waals surface area contributed by atoms with Gasteiger partial charge in [0.25, 0.3) is 0 Å². The summed E-state index contributed by atoms with van der Waals surface area (Å²) in [4.78, 5) is 2.41. The number of ether oxygens (including phenoxy) is 1. The zero-order valence-electron chi connectivity index (χ0n) is 15.8. The Labute approximate surface area is 155 Å². The van der Waals surface area contributed by atoms with Crippen molar-refractivity contribution in [2.45, 2.75) is 26.9 Å². The van der Waals surface area contributed by atoms with Crippen molar-refractivity contribution in [3.8, 4) is 5.75 Å². The van der Waals surface area contributed by atoms with Crippen LogP contribution in [0.25, 0.3) is 11.0 Å². The maximum atomic E-state index is 6.52. The Morgan fingerprint density at radius 3 is 2.42 bits per heavy atom. The number of nitrogen functional groups attached to an aromatic ring is 1. The van der Waals surface area contributed by atoms with Gasteiger partial charge in [-0.1, -0.05) is 44.2 Å². The molecule has 0 aliphatic rings. The smallest absolute Gasteiger partial charge is 0.356 e. The zero-order valence-corrected chi connectivity index (χ0v) is 15.8. The normalized spacial score (nSPS) is 11.3. The van der Waals surface area contributed by atoms with Crippen molar-refractivity contribution in [3.05, 3.63) is 54.6 Å². The first-order valence-corrected chi connectivity index (χ1v) is 9.41. The summed E-state index contributed by atoms with van der Waals surface area (Å²) in [7, 11) is 0. The number of anilines is 1. The van der Waals surface area contributed by atoms with Gasteiger partial charge in [0.1, 0.15) is 29.9 Å². The van der Waals surface area contributed by atoms with E-state index in [0.29, 0.717) is 6.61 Å². The molecule has 0 aliphatic carbocycles. The average Bonchev–Trinajstić information content (AvgIpc) is 2.95. The molecule has 2 N–H and O–H groups in total. The molecule has 3 rings (SSSR count). The highest BCUT2D eigenvalue weighted by atomic mass is 16.5. The summed E-state index contributed by atoms with van der Waals surface area (Å²) in [5, 5.41) is 0. The van der Waals surface area contributed by atoms with Crippen LogP contribution in [0.4, 0.5) is 5.95 Å². The van der Waals surface area contributed by atoms with Crippen molar-refractivity contribution in [2.24, 2.45) is 0 Å². The standard InChI is InChI=1S/C21H28N4O/c1-3-23(4-2)14-15-24-19-12-8-9-13-20(19)25(21(24)22)16-17-26-18-10-6-5-7-11-18/h5-13,22H,3-4,14-17H2,1-2H3/p+1. The minimum absolute atomic E-state index is 0.586. The molecule has 0 unspecified atom stereocenters. The second-order valence-corrected chi connectivity index (χ2v) is 6.34. The van der Waals surface area contributed by atoms with Crippen LogP contribution in [0.2, 0.25) is 0 Å². The molecular weight excluding hydrogens is 324 g/mol. The molecule has 0 atom stereocenters. The molecule has 0 fully saturated rings. The number of nitrogens with zero attached hydrogens (tertiary/aromatic N) is 3. The van der Waals surface area contributed by atoms with Crippen LogP contribution in [-0.4, -0.2) is 35.7 Å². The monoisotopic (exact) mass is 353 g/mol. The Kier molecular flexibility index (Phi) is 6.12. The van der Waals surface area contributed by atoms with Gasteiger partial charge in [0.2, 0.25) is 0 Å². The molecular formula is C21H29N4O+. The number of imidazole rings is 1. The third-order valence-electron chi connectivity index (χ3n) is 4.88. The molecule has 3 aromatic rings. The van der Waals surface area contributed by atoms with E-state index in [-0.39, 0.29) is 0 Å². The Balaban J connectivity index is 1.78. The third kappa shape index (κ3) is 3.99. The van der Waals surface area contributed by atoms with Crippen molar-refractivity contribution >= 4 is 17.0 Å². The molecule has 26 heavy (non-hydrogen) atoms. The number of hydrogen-bond acceptors (Lipinski definition) is 3. The fourth-order valence-electron chi connectivity index (χ4n) is 3.34. The lowest BCUT2D eigenvalue weighted by atomic mass is 10.3. The number of rotatable bonds is 9. The molecule has 0 saturated heterocycles. The van der Waals surface area contributed by atoms with Crippen LogP contribution in [-0.2, 0) is 13.1 Å². The van der Waals surface area contributed by atoms with E-state index in [1.165, 1.54) is 5.52 Å². The van der Waals surface area contributed by atoms with Gasteiger partial charge in [0.15, 0.2) is 0 Å². The highest BCUT2D eigenvalue weighted by Crippen LogP contribution is 2.16. The largest absolute Gasteiger partial charge is 0.490 e. The van der Waals surface area contributed by atoms with Gasteiger partial charge >= 0.3 is 5.95 Å². The summed E-state index contributed by atoms with van der Waals surface area (Å²) in [5.74, 6) is 1.67. The number of para-hydroxylation sites is 3. The minimum Gasteiger partial charge on any atom is -0.490 e. The first-order valence-electron chi connectivity index (χ1n) is 9.41. The predicted octanol–water partition coefficient (Wildman–Crippen LogP) is 2.93. The van der Waals surface area contributed by atoms with E-state index in [1.54, 1.807) is 0 Å². The van der Waals surface area contributed by atoms with Crippen LogP contribution in [0.15, 0.2) is 54.6 Å². The van der Waals surface area contributed by atoms with Crippen LogP contribution in [0.1, 0.15) is 13.8 Å². The maximum absolute atomic E-state index is 6.52. The number of aromatic nitrogens is 2. The van der Waals surface area contributed by atoms with Crippen molar-refractivity contribution < 1.29 is 9.30 Å². The van der Waals surface area contributed by atoms with Gasteiger partial charge in [-0.25, -0.2) is 9.13 Å². The molecule has 2 aromatic carbocycles. The van der Waals surface area contributed by atoms with Crippen LogP contribution in [0.3, 0.4) is 0 Å². The van der Waals surface area contributed by atoms with E-state index in [2.05, 4.69) is 52.1 Å². The van der Waals surface area contributed by atoms with Crippen molar-refractivity contribution in [2.75, 3.05) is 32.0 Å². The number of nitrogens with two attached hydrogens (primary N) is 1. The summed E-state index contributed by atoms with van der Waals surface area (Å²) < 4.78 is 10.2. The Bertz CT molecular complexity index is 825. The molecule has 0 aliphatic heterocycles. The van der Waals surface area contributed by atoms with E-state index in [1.807, 2.05) is 30.3 Å². The SMILES string of the molecule is CCN(CC)CC[n+]1c(N)n(CCOc2ccccc2)c2ccccc21. The van der Waals surface area contributed by atoms with E-state index in [4.69, 9.17) is 10.5 Å². The van der Waals surface area contributed by atoms with E-state index >= 15 is 0 Å². The van der Waals surface area contributed by atoms with Gasteiger partial charge < -0.3 is 9.64 Å². The van der Waals surface area contributed by atoms with E-state index in [9.17, 15) is 0 Å². The number of benzene rings is 2. The minimum atomic E-state index is 0.586. The Morgan fingerprint density at radius 1 is 1.00 bits per heavy atom. The molecule has 138 valence electrons. The highest BCUT2D eigenvalue weighted by Gasteiger charge is 2.20. The molecule has 5 nitrogen and oxygen atoms in total. The first kappa shape index (κ1) is 18.3. The molecule has 0 bridgehead atoms. The van der Waals surface area contributed by atoms with Gasteiger partial charge in [-0.2, -0.15) is 0 Å². The summed E-state index contributed by atoms with van der Waals surface area (Å²) in [6.07, 6.45) is 0. The van der Waals surface area contributed by atoms with Gasteiger partial charge in [-0.3, -0.25) is 5.73 Å². The van der Waals surface area contributed by atoms with Crippen molar-refractivity contribution in [3.63, 3.8) is 0 Å². The second-order valence-electron chi connectivity index (χ2n) is 6.34. The number of fused-ring (bicyclic) bond motifs is 1. The summed E-state index contributed by atoms with van der Waals surface area (Å²) in [6.45, 7) is 9.70. The molecule has 1 aromatic heterocycles. The maximum Gasteiger partial charge on any atom is 0.356 e. The molecule has 1 heterocycles. The summed E-state index contributed by atoms with van der Waals surface area (Å²) in [5.41, 5.74) is 8.85. The lowest BCUT2D eigenvalue weighted by Gasteiger charge is -2.17. The molecule has 0 spiro atoms. The lowest BCUT2D eigenvalue weighted by Crippen LogP contribution is -2.42. The fourth-order valence-corrected chi connectivity index (χ4v) is 3.34. The molecule has 5 heteroatoms. The number of likely N-dealkylation sites (N-methyl/N-ethyl adjacent to an activating group) is 1. The van der Waals surface area contributed by atoms with Gasteiger partial charge in [0.05, 0.1) is 6.54 Å².